The molecule has 0 bridgehead atoms. The van der Waals surface area contributed by atoms with Gasteiger partial charge in [0, 0.05) is 29.6 Å². The van der Waals surface area contributed by atoms with Gasteiger partial charge in [-0.1, -0.05) is 18.2 Å². The normalized spacial score (nSPS) is 10.7. The average molecular weight is 334 g/mol. The molecule has 25 heavy (non-hydrogen) atoms. The zero-order chi connectivity index (χ0) is 17.6. The highest BCUT2D eigenvalue weighted by Gasteiger charge is 2.07. The number of aromatic nitrogens is 1. The molecule has 0 unspecified atom stereocenters. The van der Waals surface area contributed by atoms with E-state index >= 15 is 0 Å². The molecule has 0 saturated carbocycles. The molecular weight excluding hydrogens is 320 g/mol. The third-order valence-corrected chi connectivity index (χ3v) is 3.52. The minimum Gasteiger partial charge on any atom is -0.316 e. The molecule has 0 aliphatic rings. The molecule has 1 heterocycles. The van der Waals surface area contributed by atoms with Gasteiger partial charge in [0.15, 0.2) is 0 Å². The van der Waals surface area contributed by atoms with Crippen molar-refractivity contribution < 1.29 is 9.72 Å². The predicted octanol–water partition coefficient (Wildman–Crippen LogP) is 3.15. The number of nitrogens with one attached hydrogen (secondary N) is 1. The molecule has 7 heteroatoms. The lowest BCUT2D eigenvalue weighted by Crippen LogP contribution is -2.17. The van der Waals surface area contributed by atoms with E-state index in [0.29, 0.717) is 5.56 Å². The fourth-order valence-corrected chi connectivity index (χ4v) is 2.28. The number of nitrogens with zero attached hydrogens (tertiary/aromatic N) is 3. The number of hydrogen-bond donors (Lipinski definition) is 1. The van der Waals surface area contributed by atoms with Crippen molar-refractivity contribution in [1.29, 1.82) is 0 Å². The van der Waals surface area contributed by atoms with Crippen LogP contribution in [0, 0.1) is 10.1 Å². The number of hydrogen-bond acceptors (Lipinski definition) is 4. The lowest BCUT2D eigenvalue weighted by atomic mass is 10.2. The SMILES string of the molecule is O=C(N/N=C/c1cccn1-c1ccc([N+](=O)[O-])cc1)c1ccccc1. The maximum absolute atomic E-state index is 11.9. The van der Waals surface area contributed by atoms with Gasteiger partial charge in [0.1, 0.15) is 0 Å². The van der Waals surface area contributed by atoms with Crippen molar-refractivity contribution in [3.8, 4) is 5.69 Å². The first-order valence-corrected chi connectivity index (χ1v) is 7.46. The summed E-state index contributed by atoms with van der Waals surface area (Å²) in [6.07, 6.45) is 3.32. The lowest BCUT2D eigenvalue weighted by molar-refractivity contribution is -0.384. The Kier molecular flexibility index (Phi) is 4.66. The molecule has 0 radical (unpaired) electrons. The highest BCUT2D eigenvalue weighted by molar-refractivity contribution is 5.94. The highest BCUT2D eigenvalue weighted by atomic mass is 16.6. The van der Waals surface area contributed by atoms with Gasteiger partial charge in [0.05, 0.1) is 16.8 Å². The van der Waals surface area contributed by atoms with Gasteiger partial charge in [0.25, 0.3) is 11.6 Å². The first-order valence-electron chi connectivity index (χ1n) is 7.46. The summed E-state index contributed by atoms with van der Waals surface area (Å²) in [4.78, 5) is 22.2. The van der Waals surface area contributed by atoms with Crippen LogP contribution in [0.1, 0.15) is 16.1 Å². The van der Waals surface area contributed by atoms with Crippen molar-refractivity contribution in [3.63, 3.8) is 0 Å². The van der Waals surface area contributed by atoms with Crippen LogP contribution in [-0.4, -0.2) is 21.6 Å². The van der Waals surface area contributed by atoms with Gasteiger partial charge in [-0.15, -0.1) is 0 Å². The summed E-state index contributed by atoms with van der Waals surface area (Å²) < 4.78 is 1.81. The maximum atomic E-state index is 11.9. The third kappa shape index (κ3) is 3.78. The van der Waals surface area contributed by atoms with Gasteiger partial charge < -0.3 is 4.57 Å². The van der Waals surface area contributed by atoms with E-state index in [-0.39, 0.29) is 11.6 Å². The summed E-state index contributed by atoms with van der Waals surface area (Å²) in [5, 5.41) is 14.7. The van der Waals surface area contributed by atoms with E-state index in [1.165, 1.54) is 18.3 Å². The molecule has 0 atom stereocenters. The van der Waals surface area contributed by atoms with Crippen molar-refractivity contribution in [2.75, 3.05) is 0 Å². The molecule has 1 N–H and O–H groups in total. The molecular formula is C18H14N4O3. The van der Waals surface area contributed by atoms with Crippen LogP contribution in [0.5, 0.6) is 0 Å². The van der Waals surface area contributed by atoms with Crippen molar-refractivity contribution in [1.82, 2.24) is 9.99 Å². The monoisotopic (exact) mass is 334 g/mol. The predicted molar refractivity (Wildman–Crippen MR) is 93.9 cm³/mol. The summed E-state index contributed by atoms with van der Waals surface area (Å²) in [6.45, 7) is 0. The van der Waals surface area contributed by atoms with Gasteiger partial charge in [-0.3, -0.25) is 14.9 Å². The van der Waals surface area contributed by atoms with Crippen LogP contribution in [0.2, 0.25) is 0 Å². The van der Waals surface area contributed by atoms with E-state index in [2.05, 4.69) is 10.5 Å². The molecule has 2 aromatic carbocycles. The first-order chi connectivity index (χ1) is 12.1. The number of amides is 1. The summed E-state index contributed by atoms with van der Waals surface area (Å²) in [5.41, 5.74) is 4.50. The zero-order valence-corrected chi connectivity index (χ0v) is 13.1. The second-order valence-electron chi connectivity index (χ2n) is 5.14. The summed E-state index contributed by atoms with van der Waals surface area (Å²) >= 11 is 0. The van der Waals surface area contributed by atoms with Gasteiger partial charge >= 0.3 is 0 Å². The second kappa shape index (κ2) is 7.22. The van der Waals surface area contributed by atoms with Crippen LogP contribution in [-0.2, 0) is 0 Å². The molecule has 1 amide bonds. The topological polar surface area (TPSA) is 89.5 Å². The number of carbonyl (C=O) groups excluding carboxylic acids is 1. The van der Waals surface area contributed by atoms with E-state index in [9.17, 15) is 14.9 Å². The van der Waals surface area contributed by atoms with Crippen molar-refractivity contribution >= 4 is 17.8 Å². The van der Waals surface area contributed by atoms with Crippen LogP contribution >= 0.6 is 0 Å². The molecule has 7 nitrogen and oxygen atoms in total. The average Bonchev–Trinajstić information content (AvgIpc) is 3.11. The molecule has 0 spiro atoms. The Morgan fingerprint density at radius 2 is 1.76 bits per heavy atom. The highest BCUT2D eigenvalue weighted by Crippen LogP contribution is 2.16. The number of hydrazone groups is 1. The number of non-ortho nitro benzene ring substituents is 1. The van der Waals surface area contributed by atoms with Crippen LogP contribution in [0.15, 0.2) is 78.0 Å². The van der Waals surface area contributed by atoms with Crippen LogP contribution < -0.4 is 5.43 Å². The second-order valence-corrected chi connectivity index (χ2v) is 5.14. The third-order valence-electron chi connectivity index (χ3n) is 3.52. The fraction of sp³-hybridized carbons (Fsp3) is 0. The molecule has 124 valence electrons. The quantitative estimate of drug-likeness (QED) is 0.441. The molecule has 1 aromatic heterocycles. The minimum atomic E-state index is -0.444. The van der Waals surface area contributed by atoms with E-state index < -0.39 is 4.92 Å². The molecule has 3 aromatic rings. The smallest absolute Gasteiger partial charge is 0.271 e. The standard InChI is InChI=1S/C18H14N4O3/c23-18(14-5-2-1-3-6-14)20-19-13-17-7-4-12-21(17)15-8-10-16(11-9-15)22(24)25/h1-13H,(H,20,23)/b19-13+. The Hall–Kier alpha value is -3.74. The lowest BCUT2D eigenvalue weighted by Gasteiger charge is -2.06. The molecule has 3 rings (SSSR count). The van der Waals surface area contributed by atoms with Gasteiger partial charge in [-0.25, -0.2) is 5.43 Å². The van der Waals surface area contributed by atoms with Gasteiger partial charge in [-0.2, -0.15) is 5.10 Å². The number of carbonyl (C=O) groups is 1. The van der Waals surface area contributed by atoms with Crippen molar-refractivity contribution in [2.45, 2.75) is 0 Å². The van der Waals surface area contributed by atoms with E-state index in [1.807, 2.05) is 29.0 Å². The Morgan fingerprint density at radius 1 is 1.04 bits per heavy atom. The summed E-state index contributed by atoms with van der Waals surface area (Å²) in [7, 11) is 0. The van der Waals surface area contributed by atoms with Crippen LogP contribution in [0.4, 0.5) is 5.69 Å². The first kappa shape index (κ1) is 16.1. The Bertz CT molecular complexity index is 915. The van der Waals surface area contributed by atoms with Gasteiger partial charge in [0.2, 0.25) is 0 Å². The van der Waals surface area contributed by atoms with E-state index in [4.69, 9.17) is 0 Å². The molecule has 0 saturated heterocycles. The number of nitro groups is 1. The Morgan fingerprint density at radius 3 is 2.44 bits per heavy atom. The number of benzene rings is 2. The largest absolute Gasteiger partial charge is 0.316 e. The van der Waals surface area contributed by atoms with Gasteiger partial charge in [-0.05, 0) is 36.4 Å². The van der Waals surface area contributed by atoms with Crippen LogP contribution in [0.3, 0.4) is 0 Å². The summed E-state index contributed by atoms with van der Waals surface area (Å²) in [6, 6.07) is 18.6. The van der Waals surface area contributed by atoms with Crippen LogP contribution in [0.25, 0.3) is 5.69 Å². The Balaban J connectivity index is 1.73. The van der Waals surface area contributed by atoms with E-state index in [0.717, 1.165) is 11.4 Å². The number of nitro benzene ring substituents is 1. The molecule has 0 aliphatic carbocycles. The fourth-order valence-electron chi connectivity index (χ4n) is 2.28. The van der Waals surface area contributed by atoms with E-state index in [1.54, 1.807) is 36.4 Å². The molecule has 0 aliphatic heterocycles. The summed E-state index contributed by atoms with van der Waals surface area (Å²) in [5.74, 6) is -0.301. The Labute approximate surface area is 143 Å². The van der Waals surface area contributed by atoms with Crippen molar-refractivity contribution in [3.05, 3.63) is 94.3 Å². The van der Waals surface area contributed by atoms with Crippen molar-refractivity contribution in [2.24, 2.45) is 5.10 Å². The number of rotatable bonds is 5. The zero-order valence-electron chi connectivity index (χ0n) is 13.1. The minimum absolute atomic E-state index is 0.0289. The molecule has 0 fully saturated rings. The maximum Gasteiger partial charge on any atom is 0.271 e.